The van der Waals surface area contributed by atoms with Crippen LogP contribution in [0.25, 0.3) is 33.6 Å². The van der Waals surface area contributed by atoms with Crippen LogP contribution in [0.2, 0.25) is 0 Å². The second-order valence-electron chi connectivity index (χ2n) is 9.68. The zero-order valence-corrected chi connectivity index (χ0v) is 22.0. The largest absolute Gasteiger partial charge is 0.417 e. The third-order valence-corrected chi connectivity index (χ3v) is 7.03. The van der Waals surface area contributed by atoms with Crippen LogP contribution in [0.4, 0.5) is 24.7 Å². The Morgan fingerprint density at radius 2 is 1.80 bits per heavy atom. The lowest BCUT2D eigenvalue weighted by Gasteiger charge is -2.20. The van der Waals surface area contributed by atoms with E-state index in [2.05, 4.69) is 25.3 Å². The molecule has 41 heavy (non-hydrogen) atoms. The molecule has 5 heterocycles. The van der Waals surface area contributed by atoms with Crippen molar-refractivity contribution in [1.82, 2.24) is 24.5 Å². The van der Waals surface area contributed by atoms with Gasteiger partial charge in [0, 0.05) is 48.4 Å². The predicted molar refractivity (Wildman–Crippen MR) is 146 cm³/mol. The molecule has 9 nitrogen and oxygen atoms in total. The lowest BCUT2D eigenvalue weighted by molar-refractivity contribution is -0.137. The molecule has 0 spiro atoms. The smallest absolute Gasteiger partial charge is 0.369 e. The fraction of sp³-hybridized carbons (Fsp3) is 0.172. The third-order valence-electron chi connectivity index (χ3n) is 7.03. The van der Waals surface area contributed by atoms with E-state index in [0.29, 0.717) is 30.2 Å². The molecule has 3 aromatic rings. The van der Waals surface area contributed by atoms with Crippen molar-refractivity contribution in [3.63, 3.8) is 0 Å². The van der Waals surface area contributed by atoms with Crippen molar-refractivity contribution < 1.29 is 18.0 Å². The van der Waals surface area contributed by atoms with Crippen molar-refractivity contribution in [3.8, 4) is 33.6 Å². The summed E-state index contributed by atoms with van der Waals surface area (Å²) in [6.45, 7) is 5.05. The first-order valence-corrected chi connectivity index (χ1v) is 12.7. The highest BCUT2D eigenvalue weighted by Crippen LogP contribution is 2.42. The van der Waals surface area contributed by atoms with Gasteiger partial charge in [-0.25, -0.2) is 9.98 Å². The Hall–Kier alpha value is -5.13. The van der Waals surface area contributed by atoms with Crippen LogP contribution in [0.1, 0.15) is 27.2 Å². The lowest BCUT2D eigenvalue weighted by atomic mass is 9.91. The number of benzene rings is 1. The Labute approximate surface area is 232 Å². The second kappa shape index (κ2) is 9.81. The van der Waals surface area contributed by atoms with E-state index in [1.54, 1.807) is 30.7 Å². The number of halogens is 3. The summed E-state index contributed by atoms with van der Waals surface area (Å²) in [6.07, 6.45) is 1.24. The molecule has 0 saturated carbocycles. The summed E-state index contributed by atoms with van der Waals surface area (Å²) in [6, 6.07) is 9.48. The minimum absolute atomic E-state index is 0.175. The molecular formula is C29H23F3N8O. The second-order valence-corrected chi connectivity index (χ2v) is 9.68. The van der Waals surface area contributed by atoms with Crippen LogP contribution >= 0.6 is 0 Å². The summed E-state index contributed by atoms with van der Waals surface area (Å²) in [4.78, 5) is 33.8. The van der Waals surface area contributed by atoms with E-state index in [-0.39, 0.29) is 16.7 Å². The molecule has 1 aromatic carbocycles. The number of carbonyl (C=O) groups is 1. The number of hydrogen-bond donors (Lipinski definition) is 2. The van der Waals surface area contributed by atoms with E-state index in [1.165, 1.54) is 6.07 Å². The number of rotatable bonds is 4. The van der Waals surface area contributed by atoms with Crippen LogP contribution in [-0.4, -0.2) is 37.0 Å². The highest BCUT2D eigenvalue weighted by atomic mass is 19.4. The average Bonchev–Trinajstić information content (AvgIpc) is 3.44. The maximum Gasteiger partial charge on any atom is 0.417 e. The predicted octanol–water partition coefficient (Wildman–Crippen LogP) is 4.90. The van der Waals surface area contributed by atoms with E-state index in [9.17, 15) is 18.0 Å². The van der Waals surface area contributed by atoms with E-state index < -0.39 is 23.3 Å². The van der Waals surface area contributed by atoms with Gasteiger partial charge >= 0.3 is 6.18 Å². The van der Waals surface area contributed by atoms with E-state index >= 15 is 0 Å². The van der Waals surface area contributed by atoms with Gasteiger partial charge in [0.15, 0.2) is 0 Å². The average molecular weight is 557 g/mol. The molecule has 0 saturated heterocycles. The number of fused-ring (bicyclic) bond motifs is 3. The van der Waals surface area contributed by atoms with E-state index in [1.807, 2.05) is 30.5 Å². The fourth-order valence-electron chi connectivity index (χ4n) is 5.05. The summed E-state index contributed by atoms with van der Waals surface area (Å²) < 4.78 is 44.0. The number of primary amides is 1. The highest BCUT2D eigenvalue weighted by Gasteiger charge is 2.36. The summed E-state index contributed by atoms with van der Waals surface area (Å²) in [5, 5.41) is 3.38. The number of aryl methyl sites for hydroxylation is 2. The molecule has 0 atom stereocenters. The van der Waals surface area contributed by atoms with Crippen molar-refractivity contribution in [2.75, 3.05) is 11.9 Å². The van der Waals surface area contributed by atoms with Crippen LogP contribution < -0.4 is 16.7 Å². The zero-order chi connectivity index (χ0) is 28.9. The van der Waals surface area contributed by atoms with Crippen molar-refractivity contribution >= 4 is 17.4 Å². The number of carbonyl (C=O) groups excluding carboxylic acids is 1. The van der Waals surface area contributed by atoms with Crippen LogP contribution in [0.15, 0.2) is 66.2 Å². The van der Waals surface area contributed by atoms with Crippen LogP contribution in [-0.2, 0) is 12.7 Å². The Bertz CT molecular complexity index is 1880. The monoisotopic (exact) mass is 556 g/mol. The number of nitrogens with two attached hydrogens (primary N) is 1. The number of nitrogens with one attached hydrogen (secondary N) is 1. The molecule has 12 heteroatoms. The molecule has 0 unspecified atom stereocenters. The molecular weight excluding hydrogens is 533 g/mol. The fourth-order valence-corrected chi connectivity index (χ4v) is 5.05. The van der Waals surface area contributed by atoms with Gasteiger partial charge in [0.25, 0.3) is 11.5 Å². The number of amides is 1. The minimum Gasteiger partial charge on any atom is -0.369 e. The third kappa shape index (κ3) is 4.66. The van der Waals surface area contributed by atoms with Gasteiger partial charge < -0.3 is 15.6 Å². The van der Waals surface area contributed by atoms with Crippen LogP contribution in [0.5, 0.6) is 0 Å². The van der Waals surface area contributed by atoms with Gasteiger partial charge in [-0.1, -0.05) is 12.1 Å². The Morgan fingerprint density at radius 3 is 2.56 bits per heavy atom. The number of anilines is 1. The number of aromatic nitrogens is 5. The number of hydrogen-bond acceptors (Lipinski definition) is 7. The number of nitrogens with zero attached hydrogens (tertiary/aromatic N) is 6. The molecule has 206 valence electrons. The molecule has 3 aliphatic heterocycles. The zero-order valence-electron chi connectivity index (χ0n) is 22.0. The first kappa shape index (κ1) is 26.1. The molecule has 0 aliphatic carbocycles. The van der Waals surface area contributed by atoms with E-state index in [4.69, 9.17) is 10.7 Å². The molecule has 6 rings (SSSR count). The molecule has 0 radical (unpaired) electrons. The van der Waals surface area contributed by atoms with Gasteiger partial charge in [0.1, 0.15) is 17.3 Å². The molecule has 3 aliphatic rings. The van der Waals surface area contributed by atoms with Crippen molar-refractivity contribution in [3.05, 3.63) is 89.2 Å². The van der Waals surface area contributed by atoms with Crippen molar-refractivity contribution in [1.29, 1.82) is 0 Å². The first-order chi connectivity index (χ1) is 19.6. The lowest BCUT2D eigenvalue weighted by Crippen LogP contribution is -2.18. The SMILES string of the molecule is Cc1ccncc1N=c1ncc2cc(-c3cc(-c4c(C(F)(F)F)ccnc4C(N)=O)ccc3C)c3n(c-2n1)CCN3. The topological polar surface area (TPSA) is 124 Å². The van der Waals surface area contributed by atoms with Gasteiger partial charge in [-0.2, -0.15) is 18.2 Å². The first-order valence-electron chi connectivity index (χ1n) is 12.7. The maximum atomic E-state index is 14.0. The molecule has 1 amide bonds. The highest BCUT2D eigenvalue weighted by molar-refractivity contribution is 5.99. The minimum atomic E-state index is -4.72. The summed E-state index contributed by atoms with van der Waals surface area (Å²) in [7, 11) is 0. The number of alkyl halides is 3. The Kier molecular flexibility index (Phi) is 6.24. The molecule has 2 aromatic heterocycles. The summed E-state index contributed by atoms with van der Waals surface area (Å²) in [5.74, 6) is 0.384. The van der Waals surface area contributed by atoms with Gasteiger partial charge in [-0.05, 0) is 60.4 Å². The van der Waals surface area contributed by atoms with Gasteiger partial charge in [-0.15, -0.1) is 0 Å². The quantitative estimate of drug-likeness (QED) is 0.325. The van der Waals surface area contributed by atoms with Gasteiger partial charge in [0.2, 0.25) is 0 Å². The van der Waals surface area contributed by atoms with Crippen molar-refractivity contribution in [2.45, 2.75) is 26.6 Å². The standard InChI is InChI=1S/C29H23F3N8O/c1-15-3-4-17(23-21(29(30,31)32)6-8-35-24(23)25(33)41)11-19(15)20-12-18-13-37-28(38-22-14-34-7-5-16(22)2)39-26(18)40-10-9-36-27(20)40/h3-8,11-14,36H,9-10H2,1-2H3,(H2,33,41). The van der Waals surface area contributed by atoms with Gasteiger partial charge in [-0.3, -0.25) is 14.8 Å². The normalized spacial score (nSPS) is 13.3. The van der Waals surface area contributed by atoms with Crippen LogP contribution in [0, 0.1) is 13.8 Å². The van der Waals surface area contributed by atoms with E-state index in [0.717, 1.165) is 40.3 Å². The van der Waals surface area contributed by atoms with Crippen molar-refractivity contribution in [2.24, 2.45) is 10.7 Å². The molecule has 3 N–H and O–H groups in total. The summed E-state index contributed by atoms with van der Waals surface area (Å²) >= 11 is 0. The Morgan fingerprint density at radius 1 is 1.00 bits per heavy atom. The molecule has 0 bridgehead atoms. The maximum absolute atomic E-state index is 14.0. The summed E-state index contributed by atoms with van der Waals surface area (Å²) in [5.41, 5.74) is 8.71. The Balaban J connectivity index is 1.55. The number of pyridine rings is 3. The molecule has 0 fully saturated rings. The van der Waals surface area contributed by atoms with Crippen LogP contribution in [0.3, 0.4) is 0 Å². The van der Waals surface area contributed by atoms with Gasteiger partial charge in [0.05, 0.1) is 17.4 Å².